The lowest BCUT2D eigenvalue weighted by Crippen LogP contribution is -2.42. The van der Waals surface area contributed by atoms with Gasteiger partial charge in [0.25, 0.3) is 5.56 Å². The van der Waals surface area contributed by atoms with Crippen molar-refractivity contribution in [2.45, 2.75) is 65.3 Å². The zero-order valence-electron chi connectivity index (χ0n) is 12.5. The molecule has 0 aromatic carbocycles. The van der Waals surface area contributed by atoms with Gasteiger partial charge in [-0.2, -0.15) is 0 Å². The van der Waals surface area contributed by atoms with Gasteiger partial charge in [-0.15, -0.1) is 0 Å². The van der Waals surface area contributed by atoms with Gasteiger partial charge in [-0.1, -0.05) is 45.2 Å². The Balaban J connectivity index is 2.49. The van der Waals surface area contributed by atoms with Crippen molar-refractivity contribution in [3.63, 3.8) is 0 Å². The summed E-state index contributed by atoms with van der Waals surface area (Å²) in [4.78, 5) is 27.4. The number of nitrogens with zero attached hydrogens (tertiary/aromatic N) is 1. The molecule has 4 nitrogen and oxygen atoms in total. The molecule has 5 heteroatoms. The zero-order valence-corrected chi connectivity index (χ0v) is 13.2. The van der Waals surface area contributed by atoms with E-state index in [4.69, 9.17) is 11.6 Å². The lowest BCUT2D eigenvalue weighted by molar-refractivity contribution is 0.177. The first-order chi connectivity index (χ1) is 9.35. The van der Waals surface area contributed by atoms with Crippen molar-refractivity contribution < 1.29 is 0 Å². The van der Waals surface area contributed by atoms with Crippen LogP contribution in [0.4, 0.5) is 0 Å². The second kappa shape index (κ2) is 5.76. The summed E-state index contributed by atoms with van der Waals surface area (Å²) >= 11 is 6.01. The molecular formula is C15H23ClN2O2. The number of aromatic nitrogens is 2. The van der Waals surface area contributed by atoms with Crippen LogP contribution < -0.4 is 11.2 Å². The highest BCUT2D eigenvalue weighted by atomic mass is 35.5. The van der Waals surface area contributed by atoms with Gasteiger partial charge in [-0.3, -0.25) is 14.3 Å². The summed E-state index contributed by atoms with van der Waals surface area (Å²) in [5.74, 6) is 0. The minimum absolute atomic E-state index is 0.0112. The van der Waals surface area contributed by atoms with Crippen LogP contribution in [0.15, 0.2) is 9.59 Å². The molecule has 0 radical (unpaired) electrons. The fourth-order valence-corrected chi connectivity index (χ4v) is 3.49. The predicted molar refractivity (Wildman–Crippen MR) is 81.6 cm³/mol. The highest BCUT2D eigenvalue weighted by Crippen LogP contribution is 2.39. The quantitative estimate of drug-likeness (QED) is 0.871. The average Bonchev–Trinajstić information content (AvgIpc) is 2.33. The van der Waals surface area contributed by atoms with Crippen molar-refractivity contribution >= 4 is 11.6 Å². The number of halogens is 1. The lowest BCUT2D eigenvalue weighted by Gasteiger charge is -2.35. The Kier molecular flexibility index (Phi) is 4.43. The third-order valence-corrected chi connectivity index (χ3v) is 4.54. The fourth-order valence-electron chi connectivity index (χ4n) is 3.24. The van der Waals surface area contributed by atoms with Crippen molar-refractivity contribution in [2.24, 2.45) is 5.41 Å². The van der Waals surface area contributed by atoms with Crippen molar-refractivity contribution in [2.75, 3.05) is 0 Å². The molecule has 1 N–H and O–H groups in total. The van der Waals surface area contributed by atoms with Crippen molar-refractivity contribution in [3.05, 3.63) is 31.6 Å². The topological polar surface area (TPSA) is 54.9 Å². The Morgan fingerprint density at radius 1 is 1.40 bits per heavy atom. The van der Waals surface area contributed by atoms with Crippen LogP contribution >= 0.6 is 11.6 Å². The van der Waals surface area contributed by atoms with E-state index in [1.807, 2.05) is 6.92 Å². The summed E-state index contributed by atoms with van der Waals surface area (Å²) in [6.07, 6.45) is 5.38. The van der Waals surface area contributed by atoms with E-state index < -0.39 is 0 Å². The average molecular weight is 299 g/mol. The molecule has 1 aliphatic rings. The minimum Gasteiger partial charge on any atom is -0.297 e. The Labute approximate surface area is 124 Å². The summed E-state index contributed by atoms with van der Waals surface area (Å²) in [6, 6.07) is -0.0112. The second-order valence-electron chi connectivity index (χ2n) is 6.56. The SMILES string of the molecule is CCCc1c(Cl)[nH]c(=O)n(C2CCCC(C)(C)C2)c1=O. The summed E-state index contributed by atoms with van der Waals surface area (Å²) in [5.41, 5.74) is 0.141. The van der Waals surface area contributed by atoms with Gasteiger partial charge in [0.15, 0.2) is 0 Å². The summed E-state index contributed by atoms with van der Waals surface area (Å²) in [6.45, 7) is 6.39. The Hall–Kier alpha value is -1.03. The van der Waals surface area contributed by atoms with E-state index in [-0.39, 0.29) is 27.9 Å². The van der Waals surface area contributed by atoms with Gasteiger partial charge < -0.3 is 0 Å². The monoisotopic (exact) mass is 298 g/mol. The number of hydrogen-bond acceptors (Lipinski definition) is 2. The minimum atomic E-state index is -0.373. The predicted octanol–water partition coefficient (Wildman–Crippen LogP) is 3.28. The first-order valence-corrected chi connectivity index (χ1v) is 7.76. The van der Waals surface area contributed by atoms with E-state index in [0.717, 1.165) is 32.1 Å². The molecule has 1 aromatic heterocycles. The molecule has 2 rings (SSSR count). The van der Waals surface area contributed by atoms with Crippen LogP contribution in [0.5, 0.6) is 0 Å². The molecule has 0 saturated heterocycles. The van der Waals surface area contributed by atoms with Gasteiger partial charge in [-0.25, -0.2) is 4.79 Å². The summed E-state index contributed by atoms with van der Waals surface area (Å²) in [5, 5.41) is 0.202. The largest absolute Gasteiger partial charge is 0.329 e. The van der Waals surface area contributed by atoms with Crippen molar-refractivity contribution in [1.29, 1.82) is 0 Å². The van der Waals surface area contributed by atoms with Crippen molar-refractivity contribution in [1.82, 2.24) is 9.55 Å². The number of nitrogens with one attached hydrogen (secondary N) is 1. The molecule has 1 fully saturated rings. The molecule has 1 heterocycles. The van der Waals surface area contributed by atoms with Gasteiger partial charge in [0.1, 0.15) is 5.15 Å². The molecule has 1 unspecified atom stereocenters. The van der Waals surface area contributed by atoms with E-state index >= 15 is 0 Å². The summed E-state index contributed by atoms with van der Waals surface area (Å²) in [7, 11) is 0. The standard InChI is InChI=1S/C15H23ClN2O2/c1-4-6-11-12(16)17-14(20)18(13(11)19)10-7-5-8-15(2,3)9-10/h10H,4-9H2,1-3H3,(H,17,20). The van der Waals surface area contributed by atoms with E-state index in [2.05, 4.69) is 18.8 Å². The molecule has 1 atom stereocenters. The molecule has 20 heavy (non-hydrogen) atoms. The van der Waals surface area contributed by atoms with Gasteiger partial charge in [0.05, 0.1) is 5.56 Å². The van der Waals surface area contributed by atoms with E-state index in [0.29, 0.717) is 12.0 Å². The van der Waals surface area contributed by atoms with Crippen LogP contribution in [0, 0.1) is 5.41 Å². The molecular weight excluding hydrogens is 276 g/mol. The van der Waals surface area contributed by atoms with Crippen molar-refractivity contribution in [3.8, 4) is 0 Å². The number of aromatic amines is 1. The highest BCUT2D eigenvalue weighted by molar-refractivity contribution is 6.30. The van der Waals surface area contributed by atoms with Crippen LogP contribution in [-0.4, -0.2) is 9.55 Å². The Morgan fingerprint density at radius 2 is 2.10 bits per heavy atom. The van der Waals surface area contributed by atoms with E-state index in [1.54, 1.807) is 0 Å². The third kappa shape index (κ3) is 3.00. The van der Waals surface area contributed by atoms with Crippen LogP contribution in [-0.2, 0) is 6.42 Å². The van der Waals surface area contributed by atoms with Gasteiger partial charge >= 0.3 is 5.69 Å². The first kappa shape index (κ1) is 15.4. The third-order valence-electron chi connectivity index (χ3n) is 4.22. The summed E-state index contributed by atoms with van der Waals surface area (Å²) < 4.78 is 1.40. The molecule has 1 aliphatic carbocycles. The second-order valence-corrected chi connectivity index (χ2v) is 6.94. The maximum atomic E-state index is 12.6. The maximum Gasteiger partial charge on any atom is 0.329 e. The Morgan fingerprint density at radius 3 is 2.70 bits per heavy atom. The Bertz CT molecular complexity index is 601. The fraction of sp³-hybridized carbons (Fsp3) is 0.733. The first-order valence-electron chi connectivity index (χ1n) is 7.39. The molecule has 0 amide bonds. The highest BCUT2D eigenvalue weighted by Gasteiger charge is 2.31. The number of rotatable bonds is 3. The molecule has 112 valence electrons. The van der Waals surface area contributed by atoms with Gasteiger partial charge in [-0.05, 0) is 31.1 Å². The van der Waals surface area contributed by atoms with Crippen LogP contribution in [0.2, 0.25) is 5.15 Å². The normalized spacial score (nSPS) is 21.9. The van der Waals surface area contributed by atoms with Gasteiger partial charge in [0.2, 0.25) is 0 Å². The van der Waals surface area contributed by atoms with Crippen LogP contribution in [0.3, 0.4) is 0 Å². The number of H-pyrrole nitrogens is 1. The van der Waals surface area contributed by atoms with E-state index in [9.17, 15) is 9.59 Å². The molecule has 0 aliphatic heterocycles. The molecule has 1 aromatic rings. The smallest absolute Gasteiger partial charge is 0.297 e. The van der Waals surface area contributed by atoms with E-state index in [1.165, 1.54) is 4.57 Å². The lowest BCUT2D eigenvalue weighted by atomic mass is 9.75. The van der Waals surface area contributed by atoms with Crippen LogP contribution in [0.25, 0.3) is 0 Å². The van der Waals surface area contributed by atoms with Gasteiger partial charge in [0, 0.05) is 6.04 Å². The molecule has 0 bridgehead atoms. The number of hydrogen-bond donors (Lipinski definition) is 1. The molecule has 0 spiro atoms. The van der Waals surface area contributed by atoms with Crippen LogP contribution in [0.1, 0.15) is 64.5 Å². The molecule has 1 saturated carbocycles. The zero-order chi connectivity index (χ0) is 14.9. The maximum absolute atomic E-state index is 12.6.